The van der Waals surface area contributed by atoms with Crippen molar-refractivity contribution < 1.29 is 0 Å². The Bertz CT molecular complexity index is 966. The lowest BCUT2D eigenvalue weighted by atomic mass is 10.1. The zero-order valence-corrected chi connectivity index (χ0v) is 12.2. The van der Waals surface area contributed by atoms with Crippen molar-refractivity contribution >= 4 is 38.4 Å². The second kappa shape index (κ2) is 4.83. The summed E-state index contributed by atoms with van der Waals surface area (Å²) in [4.78, 5) is 4.87. The van der Waals surface area contributed by atoms with Gasteiger partial charge >= 0.3 is 0 Å². The van der Waals surface area contributed by atoms with Gasteiger partial charge in [0.15, 0.2) is 0 Å². The fourth-order valence-corrected chi connectivity index (χ4v) is 3.56. The van der Waals surface area contributed by atoms with E-state index in [-0.39, 0.29) is 0 Å². The monoisotopic (exact) mass is 287 g/mol. The summed E-state index contributed by atoms with van der Waals surface area (Å²) < 4.78 is 1.23. The van der Waals surface area contributed by atoms with E-state index in [2.05, 4.69) is 67.2 Å². The van der Waals surface area contributed by atoms with Crippen LogP contribution in [0.4, 0.5) is 0 Å². The minimum atomic E-state index is 1.06. The molecule has 0 fully saturated rings. The molecule has 3 aromatic carbocycles. The Morgan fingerprint density at radius 2 is 1.86 bits per heavy atom. The van der Waals surface area contributed by atoms with Gasteiger partial charge in [0.2, 0.25) is 0 Å². The number of thiazole rings is 1. The Morgan fingerprint density at radius 3 is 2.76 bits per heavy atom. The number of hydrogen-bond acceptors (Lipinski definition) is 2. The van der Waals surface area contributed by atoms with Crippen molar-refractivity contribution in [2.75, 3.05) is 0 Å². The van der Waals surface area contributed by atoms with Crippen LogP contribution in [0, 0.1) is 0 Å². The van der Waals surface area contributed by atoms with Crippen LogP contribution in [-0.4, -0.2) is 4.98 Å². The number of rotatable bonds is 2. The predicted octanol–water partition coefficient (Wildman–Crippen LogP) is 5.76. The minimum absolute atomic E-state index is 1.06. The highest BCUT2D eigenvalue weighted by Gasteiger charge is 2.09. The quantitative estimate of drug-likeness (QED) is 0.457. The van der Waals surface area contributed by atoms with Gasteiger partial charge in [-0.2, -0.15) is 0 Å². The Hall–Kier alpha value is -2.45. The molecule has 4 aromatic rings. The second-order valence-electron chi connectivity index (χ2n) is 4.98. The van der Waals surface area contributed by atoms with Crippen molar-refractivity contribution in [1.82, 2.24) is 4.98 Å². The maximum atomic E-state index is 4.87. The molecule has 0 amide bonds. The lowest BCUT2D eigenvalue weighted by Gasteiger charge is -1.98. The van der Waals surface area contributed by atoms with Gasteiger partial charge in [-0.3, -0.25) is 0 Å². The predicted molar refractivity (Wildman–Crippen MR) is 92.7 cm³/mol. The first-order valence-electron chi connectivity index (χ1n) is 6.86. The molecule has 0 saturated heterocycles. The molecule has 0 atom stereocenters. The molecular weight excluding hydrogens is 274 g/mol. The Kier molecular flexibility index (Phi) is 2.83. The molecule has 0 N–H and O–H groups in total. The highest BCUT2D eigenvalue weighted by atomic mass is 32.1. The largest absolute Gasteiger partial charge is 0.235 e. The number of hydrogen-bond donors (Lipinski definition) is 0. The molecule has 1 nitrogen and oxygen atoms in total. The zero-order valence-electron chi connectivity index (χ0n) is 11.4. The SMILES string of the molecule is C=Cc1cccc(-c2nc3c(ccc4ccccc43)s2)c1. The van der Waals surface area contributed by atoms with Crippen LogP contribution in [0.5, 0.6) is 0 Å². The number of nitrogens with zero attached hydrogens (tertiary/aromatic N) is 1. The molecule has 0 saturated carbocycles. The molecule has 0 aliphatic rings. The standard InChI is InChI=1S/C19H13NS/c1-2-13-6-5-8-15(12-13)19-20-18-16-9-4-3-7-14(16)10-11-17(18)21-19/h2-12H,1H2. The molecule has 100 valence electrons. The summed E-state index contributed by atoms with van der Waals surface area (Å²) in [5.74, 6) is 0. The third kappa shape index (κ3) is 2.05. The van der Waals surface area contributed by atoms with Crippen molar-refractivity contribution in [1.29, 1.82) is 0 Å². The Balaban J connectivity index is 1.98. The minimum Gasteiger partial charge on any atom is -0.235 e. The molecule has 0 aliphatic heterocycles. The summed E-state index contributed by atoms with van der Waals surface area (Å²) in [6.07, 6.45) is 1.87. The first-order valence-corrected chi connectivity index (χ1v) is 7.68. The molecule has 21 heavy (non-hydrogen) atoms. The molecule has 1 heterocycles. The Morgan fingerprint density at radius 1 is 0.952 bits per heavy atom. The molecule has 0 aliphatic carbocycles. The van der Waals surface area contributed by atoms with Crippen LogP contribution in [0.2, 0.25) is 0 Å². The zero-order chi connectivity index (χ0) is 14.2. The molecule has 0 unspecified atom stereocenters. The van der Waals surface area contributed by atoms with E-state index < -0.39 is 0 Å². The smallest absolute Gasteiger partial charge is 0.124 e. The van der Waals surface area contributed by atoms with Crippen molar-refractivity contribution in [2.45, 2.75) is 0 Å². The van der Waals surface area contributed by atoms with Crippen LogP contribution < -0.4 is 0 Å². The van der Waals surface area contributed by atoms with Crippen LogP contribution in [0.3, 0.4) is 0 Å². The highest BCUT2D eigenvalue weighted by Crippen LogP contribution is 2.34. The normalized spacial score (nSPS) is 11.0. The van der Waals surface area contributed by atoms with Gasteiger partial charge in [0, 0.05) is 10.9 Å². The Labute approximate surface area is 127 Å². The fourth-order valence-electron chi connectivity index (χ4n) is 2.58. The second-order valence-corrected chi connectivity index (χ2v) is 6.01. The van der Waals surface area contributed by atoms with Crippen LogP contribution in [0.1, 0.15) is 5.56 Å². The van der Waals surface area contributed by atoms with Crippen molar-refractivity contribution in [3.05, 3.63) is 72.8 Å². The number of fused-ring (bicyclic) bond motifs is 3. The molecule has 0 bridgehead atoms. The molecular formula is C19H13NS. The van der Waals surface area contributed by atoms with E-state index in [1.54, 1.807) is 11.3 Å². The summed E-state index contributed by atoms with van der Waals surface area (Å²) in [6.45, 7) is 3.83. The van der Waals surface area contributed by atoms with Gasteiger partial charge in [-0.25, -0.2) is 4.98 Å². The molecule has 0 spiro atoms. The average molecular weight is 287 g/mol. The van der Waals surface area contributed by atoms with Gasteiger partial charge in [-0.1, -0.05) is 61.2 Å². The van der Waals surface area contributed by atoms with E-state index >= 15 is 0 Å². The van der Waals surface area contributed by atoms with Gasteiger partial charge in [-0.15, -0.1) is 11.3 Å². The topological polar surface area (TPSA) is 12.9 Å². The van der Waals surface area contributed by atoms with Gasteiger partial charge in [-0.05, 0) is 23.1 Å². The van der Waals surface area contributed by atoms with E-state index in [0.717, 1.165) is 21.7 Å². The van der Waals surface area contributed by atoms with Crippen LogP contribution >= 0.6 is 11.3 Å². The molecule has 1 aromatic heterocycles. The van der Waals surface area contributed by atoms with Crippen LogP contribution in [0.25, 0.3) is 37.6 Å². The lowest BCUT2D eigenvalue weighted by Crippen LogP contribution is -1.78. The summed E-state index contributed by atoms with van der Waals surface area (Å²) in [6, 6.07) is 21.1. The van der Waals surface area contributed by atoms with Crippen molar-refractivity contribution in [3.8, 4) is 10.6 Å². The summed E-state index contributed by atoms with van der Waals surface area (Å²) in [5.41, 5.74) is 3.37. The molecule has 0 radical (unpaired) electrons. The van der Waals surface area contributed by atoms with E-state index in [1.165, 1.54) is 15.5 Å². The fraction of sp³-hybridized carbons (Fsp3) is 0. The number of aromatic nitrogens is 1. The van der Waals surface area contributed by atoms with Crippen molar-refractivity contribution in [3.63, 3.8) is 0 Å². The third-order valence-electron chi connectivity index (χ3n) is 3.65. The first-order chi connectivity index (χ1) is 10.3. The van der Waals surface area contributed by atoms with E-state index in [9.17, 15) is 0 Å². The van der Waals surface area contributed by atoms with Gasteiger partial charge in [0.05, 0.1) is 10.2 Å². The lowest BCUT2D eigenvalue weighted by molar-refractivity contribution is 1.48. The van der Waals surface area contributed by atoms with Crippen LogP contribution in [-0.2, 0) is 0 Å². The first kappa shape index (κ1) is 12.3. The van der Waals surface area contributed by atoms with E-state index in [1.807, 2.05) is 6.08 Å². The average Bonchev–Trinajstić information content (AvgIpc) is 2.99. The highest BCUT2D eigenvalue weighted by molar-refractivity contribution is 7.21. The van der Waals surface area contributed by atoms with Gasteiger partial charge < -0.3 is 0 Å². The third-order valence-corrected chi connectivity index (χ3v) is 4.72. The summed E-state index contributed by atoms with van der Waals surface area (Å²) >= 11 is 1.74. The summed E-state index contributed by atoms with van der Waals surface area (Å²) in [5, 5.41) is 3.52. The number of benzene rings is 3. The maximum Gasteiger partial charge on any atom is 0.124 e. The molecule has 4 rings (SSSR count). The van der Waals surface area contributed by atoms with Crippen molar-refractivity contribution in [2.24, 2.45) is 0 Å². The van der Waals surface area contributed by atoms with E-state index in [4.69, 9.17) is 4.98 Å². The van der Waals surface area contributed by atoms with Gasteiger partial charge in [0.1, 0.15) is 5.01 Å². The van der Waals surface area contributed by atoms with Crippen LogP contribution in [0.15, 0.2) is 67.2 Å². The molecule has 2 heteroatoms. The summed E-state index contributed by atoms with van der Waals surface area (Å²) in [7, 11) is 0. The van der Waals surface area contributed by atoms with Gasteiger partial charge in [0.25, 0.3) is 0 Å². The maximum absolute atomic E-state index is 4.87. The van der Waals surface area contributed by atoms with E-state index in [0.29, 0.717) is 0 Å².